The zero-order valence-corrected chi connectivity index (χ0v) is 28.1. The number of H-pyrrole nitrogens is 2. The summed E-state index contributed by atoms with van der Waals surface area (Å²) in [6.07, 6.45) is -5.70. The molecule has 0 aliphatic carbocycles. The van der Waals surface area contributed by atoms with Crippen LogP contribution < -0.4 is 31.5 Å². The monoisotopic (exact) mass is 746 g/mol. The molecule has 50 heavy (non-hydrogen) atoms. The van der Waals surface area contributed by atoms with Gasteiger partial charge in [-0.3, -0.25) is 46.8 Å². The number of halogens is 2. The predicted molar refractivity (Wildman–Crippen MR) is 163 cm³/mol. The van der Waals surface area contributed by atoms with Gasteiger partial charge in [0.25, 0.3) is 11.1 Å². The number of fused-ring (bicyclic) bond motifs is 2. The number of aromatic nitrogens is 4. The van der Waals surface area contributed by atoms with Crippen molar-refractivity contribution in [3.8, 4) is 11.5 Å². The van der Waals surface area contributed by atoms with Crippen LogP contribution in [0.2, 0.25) is 0 Å². The van der Waals surface area contributed by atoms with Crippen LogP contribution in [0.3, 0.4) is 0 Å². The van der Waals surface area contributed by atoms with Crippen LogP contribution in [0, 0.1) is 13.8 Å². The lowest BCUT2D eigenvalue weighted by Gasteiger charge is -2.29. The number of ether oxygens (including phenoxy) is 2. The highest BCUT2D eigenvalue weighted by molar-refractivity contribution is 7.49. The number of nitrogens with one attached hydrogen (secondary N) is 2. The molecule has 22 heteroatoms. The summed E-state index contributed by atoms with van der Waals surface area (Å²) in [4.78, 5) is 52.0. The van der Waals surface area contributed by atoms with Crippen LogP contribution in [0.5, 0.6) is 11.5 Å². The molecule has 0 radical (unpaired) electrons. The van der Waals surface area contributed by atoms with Gasteiger partial charge in [-0.2, -0.15) is 0 Å². The number of hydrogen-bond donors (Lipinski definition) is 2. The average molecular weight is 747 g/mol. The lowest BCUT2D eigenvalue weighted by molar-refractivity contribution is -0.0373. The van der Waals surface area contributed by atoms with E-state index in [1.807, 2.05) is 0 Å². The van der Waals surface area contributed by atoms with Crippen molar-refractivity contribution < 1.29 is 54.5 Å². The van der Waals surface area contributed by atoms with Gasteiger partial charge >= 0.3 is 27.0 Å². The molecule has 0 bridgehead atoms. The first kappa shape index (κ1) is 34.7. The molecule has 0 spiro atoms. The minimum Gasteiger partial charge on any atom is -0.404 e. The lowest BCUT2D eigenvalue weighted by Crippen LogP contribution is -2.33. The second kappa shape index (κ2) is 13.1. The molecular formula is C28H30F2N4O14P2. The Morgan fingerprint density at radius 3 is 1.54 bits per heavy atom. The summed E-state index contributed by atoms with van der Waals surface area (Å²) in [5, 5.41) is 0. The van der Waals surface area contributed by atoms with Crippen molar-refractivity contribution in [1.29, 1.82) is 0 Å². The van der Waals surface area contributed by atoms with E-state index in [2.05, 4.69) is 9.97 Å². The number of hydrogen-bond acceptors (Lipinski definition) is 14. The number of phosphoric ester groups is 2. The third-order valence-corrected chi connectivity index (χ3v) is 11.1. The van der Waals surface area contributed by atoms with Crippen molar-refractivity contribution in [3.63, 3.8) is 0 Å². The molecule has 2 N–H and O–H groups in total. The number of rotatable bonds is 8. The van der Waals surface area contributed by atoms with Gasteiger partial charge in [-0.05, 0) is 26.0 Å². The standard InChI is InChI=1S/C28H30F2N4O14P2/c1-13-7-33(27(37)31-25(13)35)23-5-17(29)21(45-23)11-43-49(39)41-9-15-4-20-16(3-19(15)47-49)10-42-50(40,48-20)44-12-22-18(30)6-24(46-22)34-8-14(2)26(36)32-28(34)38/h3-4,7-8,17-18,21-24H,5-6,9-12H2,1-2H3,(H,31,35,37)(H,32,36,38)/t17-,18-,21+,22+,23+,24+,49?,50?/m0/s1. The Morgan fingerprint density at radius 1 is 0.740 bits per heavy atom. The summed E-state index contributed by atoms with van der Waals surface area (Å²) in [6, 6.07) is 2.81. The largest absolute Gasteiger partial charge is 0.530 e. The van der Waals surface area contributed by atoms with Crippen LogP contribution in [0.4, 0.5) is 8.78 Å². The predicted octanol–water partition coefficient (Wildman–Crippen LogP) is 2.72. The molecule has 2 aromatic heterocycles. The lowest BCUT2D eigenvalue weighted by atomic mass is 10.1. The number of aromatic amines is 2. The number of aryl methyl sites for hydroxylation is 2. The maximum absolute atomic E-state index is 14.8. The number of alkyl halides is 2. The molecule has 0 saturated carbocycles. The Labute approximate surface area is 279 Å². The molecule has 2 fully saturated rings. The zero-order valence-electron chi connectivity index (χ0n) is 26.3. The van der Waals surface area contributed by atoms with Crippen molar-refractivity contribution in [2.24, 2.45) is 0 Å². The summed E-state index contributed by atoms with van der Waals surface area (Å²) in [6.45, 7) is 1.25. The summed E-state index contributed by atoms with van der Waals surface area (Å²) in [5.74, 6) is 0.137. The first-order valence-corrected chi connectivity index (χ1v) is 18.2. The van der Waals surface area contributed by atoms with E-state index in [0.717, 1.165) is 9.13 Å². The first-order valence-electron chi connectivity index (χ1n) is 15.3. The minimum atomic E-state index is -4.28. The maximum Gasteiger partial charge on any atom is 0.530 e. The van der Waals surface area contributed by atoms with Crippen LogP contribution >= 0.6 is 15.6 Å². The van der Waals surface area contributed by atoms with Gasteiger partial charge in [-0.1, -0.05) is 0 Å². The summed E-state index contributed by atoms with van der Waals surface area (Å²) < 4.78 is 102. The van der Waals surface area contributed by atoms with E-state index in [1.165, 1.54) is 38.4 Å². The molecule has 4 aliphatic heterocycles. The van der Waals surface area contributed by atoms with Gasteiger partial charge in [0.05, 0.1) is 26.4 Å². The van der Waals surface area contributed by atoms with Crippen LogP contribution in [-0.4, -0.2) is 56.9 Å². The molecule has 4 aliphatic rings. The highest BCUT2D eigenvalue weighted by Crippen LogP contribution is 2.59. The number of phosphoric acid groups is 2. The Bertz CT molecular complexity index is 2020. The number of nitrogens with zero attached hydrogens (tertiary/aromatic N) is 2. The molecule has 18 nitrogen and oxygen atoms in total. The van der Waals surface area contributed by atoms with Crippen LogP contribution in [0.25, 0.3) is 0 Å². The molecule has 2 saturated heterocycles. The Kier molecular flexibility index (Phi) is 9.09. The van der Waals surface area contributed by atoms with Crippen molar-refractivity contribution in [2.75, 3.05) is 13.2 Å². The van der Waals surface area contributed by atoms with Gasteiger partial charge < -0.3 is 18.5 Å². The van der Waals surface area contributed by atoms with E-state index >= 15 is 0 Å². The Balaban J connectivity index is 0.953. The Hall–Kier alpha value is -3.74. The van der Waals surface area contributed by atoms with E-state index in [-0.39, 0.29) is 48.7 Å². The van der Waals surface area contributed by atoms with Gasteiger partial charge in [0.2, 0.25) is 0 Å². The molecule has 6 heterocycles. The van der Waals surface area contributed by atoms with Crippen molar-refractivity contribution in [3.05, 3.63) is 88.5 Å². The third kappa shape index (κ3) is 6.81. The fourth-order valence-corrected chi connectivity index (χ4v) is 8.14. The van der Waals surface area contributed by atoms with E-state index in [0.29, 0.717) is 11.1 Å². The van der Waals surface area contributed by atoms with Crippen molar-refractivity contribution >= 4 is 15.6 Å². The van der Waals surface area contributed by atoms with Crippen LogP contribution in [0.15, 0.2) is 43.7 Å². The summed E-state index contributed by atoms with van der Waals surface area (Å²) in [7, 11) is -8.56. The fourth-order valence-electron chi connectivity index (χ4n) is 5.71. The molecular weight excluding hydrogens is 716 g/mol. The van der Waals surface area contributed by atoms with E-state index in [1.54, 1.807) is 0 Å². The van der Waals surface area contributed by atoms with Gasteiger partial charge in [0.15, 0.2) is 0 Å². The summed E-state index contributed by atoms with van der Waals surface area (Å²) >= 11 is 0. The number of benzene rings is 1. The third-order valence-electron chi connectivity index (χ3n) is 8.45. The molecule has 7 rings (SSSR count). The normalized spacial score (nSPS) is 31.8. The van der Waals surface area contributed by atoms with Gasteiger partial charge in [-0.15, -0.1) is 0 Å². The van der Waals surface area contributed by atoms with Crippen LogP contribution in [-0.2, 0) is 49.9 Å². The second-order valence-electron chi connectivity index (χ2n) is 12.0. The molecule has 8 atom stereocenters. The fraction of sp³-hybridized carbons (Fsp3) is 0.500. The van der Waals surface area contributed by atoms with Crippen molar-refractivity contribution in [2.45, 2.75) is 76.9 Å². The van der Waals surface area contributed by atoms with E-state index < -0.39 is 88.4 Å². The highest BCUT2D eigenvalue weighted by Gasteiger charge is 2.44. The van der Waals surface area contributed by atoms with Gasteiger partial charge in [0, 0.05) is 47.5 Å². The van der Waals surface area contributed by atoms with E-state index in [9.17, 15) is 37.1 Å². The quantitative estimate of drug-likeness (QED) is 0.317. The molecule has 2 unspecified atom stereocenters. The first-order chi connectivity index (χ1) is 23.7. The van der Waals surface area contributed by atoms with Crippen molar-refractivity contribution in [1.82, 2.24) is 19.1 Å². The smallest absolute Gasteiger partial charge is 0.404 e. The average Bonchev–Trinajstić information content (AvgIpc) is 3.62. The molecule has 0 amide bonds. The van der Waals surface area contributed by atoms with Crippen LogP contribution in [0.1, 0.15) is 47.6 Å². The SMILES string of the molecule is Cc1cn([C@H]2C[C@H](F)[C@@H](COP3(=O)OCc4cc5c(cc4O3)COP(=O)(OC[C@H]3O[C@@H](n4cc(C)c(=O)[nH]c4=O)C[C@@H]3F)O5)O2)c(=O)[nH]c1=O. The van der Waals surface area contributed by atoms with Gasteiger partial charge in [-0.25, -0.2) is 27.5 Å². The second-order valence-corrected chi connectivity index (χ2v) is 15.2. The minimum absolute atomic E-state index is 0.0684. The topological polar surface area (TPSA) is 218 Å². The zero-order chi connectivity index (χ0) is 35.5. The van der Waals surface area contributed by atoms with E-state index in [4.69, 9.17) is 36.6 Å². The molecule has 1 aromatic carbocycles. The Morgan fingerprint density at radius 2 is 1.14 bits per heavy atom. The highest BCUT2D eigenvalue weighted by atomic mass is 31.2. The maximum atomic E-state index is 14.8. The summed E-state index contributed by atoms with van der Waals surface area (Å²) in [5.41, 5.74) is -1.59. The van der Waals surface area contributed by atoms with Gasteiger partial charge in [0.1, 0.15) is 48.5 Å². The molecule has 3 aromatic rings. The molecule has 270 valence electrons.